The van der Waals surface area contributed by atoms with Crippen molar-refractivity contribution in [2.75, 3.05) is 18.5 Å². The number of anilines is 1. The van der Waals surface area contributed by atoms with Gasteiger partial charge in [-0.15, -0.1) is 0 Å². The van der Waals surface area contributed by atoms with E-state index in [2.05, 4.69) is 10.4 Å². The molecule has 1 aliphatic heterocycles. The summed E-state index contributed by atoms with van der Waals surface area (Å²) in [4.78, 5) is 12.2. The molecular formula is C14H14ClN3O2. The van der Waals surface area contributed by atoms with Crippen LogP contribution in [-0.4, -0.2) is 28.9 Å². The van der Waals surface area contributed by atoms with Crippen molar-refractivity contribution in [1.29, 1.82) is 0 Å². The highest BCUT2D eigenvalue weighted by Crippen LogP contribution is 2.25. The molecule has 5 nitrogen and oxygen atoms in total. The second-order valence-corrected chi connectivity index (χ2v) is 5.10. The van der Waals surface area contributed by atoms with Crippen molar-refractivity contribution >= 4 is 23.2 Å². The van der Waals surface area contributed by atoms with E-state index < -0.39 is 0 Å². The molecule has 0 bridgehead atoms. The minimum Gasteiger partial charge on any atom is -0.381 e. The number of rotatable bonds is 3. The fraction of sp³-hybridized carbons (Fsp3) is 0.286. The SMILES string of the molecule is O=C(Nc1ccc(Cl)cc1-n1cccn1)[C@@H]1CCOC1. The molecule has 1 N–H and O–H groups in total. The van der Waals surface area contributed by atoms with Crippen LogP contribution < -0.4 is 5.32 Å². The van der Waals surface area contributed by atoms with Gasteiger partial charge in [0.15, 0.2) is 0 Å². The van der Waals surface area contributed by atoms with Crippen molar-refractivity contribution in [3.05, 3.63) is 41.7 Å². The lowest BCUT2D eigenvalue weighted by Crippen LogP contribution is -2.23. The average Bonchev–Trinajstić information content (AvgIpc) is 3.13. The third kappa shape index (κ3) is 2.69. The predicted molar refractivity (Wildman–Crippen MR) is 76.1 cm³/mol. The number of halogens is 1. The van der Waals surface area contributed by atoms with Gasteiger partial charge in [-0.3, -0.25) is 4.79 Å². The summed E-state index contributed by atoms with van der Waals surface area (Å²) in [5, 5.41) is 7.70. The Morgan fingerprint density at radius 2 is 2.40 bits per heavy atom. The van der Waals surface area contributed by atoms with E-state index in [1.54, 1.807) is 35.3 Å². The second kappa shape index (κ2) is 5.64. The second-order valence-electron chi connectivity index (χ2n) is 4.66. The van der Waals surface area contributed by atoms with E-state index in [9.17, 15) is 4.79 Å². The highest BCUT2D eigenvalue weighted by atomic mass is 35.5. The molecule has 3 rings (SSSR count). The first kappa shape index (κ1) is 13.1. The summed E-state index contributed by atoms with van der Waals surface area (Å²) in [6.07, 6.45) is 4.24. The zero-order valence-corrected chi connectivity index (χ0v) is 11.5. The Morgan fingerprint density at radius 1 is 1.50 bits per heavy atom. The largest absolute Gasteiger partial charge is 0.381 e. The number of nitrogens with one attached hydrogen (secondary N) is 1. The van der Waals surface area contributed by atoms with Gasteiger partial charge in [0.2, 0.25) is 5.91 Å². The number of hydrogen-bond donors (Lipinski definition) is 1. The van der Waals surface area contributed by atoms with Gasteiger partial charge in [-0.2, -0.15) is 5.10 Å². The normalized spacial score (nSPS) is 18.1. The topological polar surface area (TPSA) is 56.2 Å². The molecule has 1 aromatic heterocycles. The molecule has 6 heteroatoms. The number of nitrogens with zero attached hydrogens (tertiary/aromatic N) is 2. The molecule has 0 radical (unpaired) electrons. The van der Waals surface area contributed by atoms with Crippen LogP contribution in [-0.2, 0) is 9.53 Å². The molecule has 1 fully saturated rings. The number of carbonyl (C=O) groups is 1. The van der Waals surface area contributed by atoms with E-state index >= 15 is 0 Å². The number of ether oxygens (including phenoxy) is 1. The van der Waals surface area contributed by atoms with Gasteiger partial charge in [-0.05, 0) is 30.7 Å². The van der Waals surface area contributed by atoms with Gasteiger partial charge in [0, 0.05) is 24.0 Å². The van der Waals surface area contributed by atoms with Crippen LogP contribution in [0.5, 0.6) is 0 Å². The number of amides is 1. The Balaban J connectivity index is 1.87. The van der Waals surface area contributed by atoms with E-state index in [1.807, 2.05) is 6.07 Å². The molecule has 2 heterocycles. The van der Waals surface area contributed by atoms with Crippen LogP contribution in [0.1, 0.15) is 6.42 Å². The van der Waals surface area contributed by atoms with Crippen molar-refractivity contribution in [1.82, 2.24) is 9.78 Å². The number of aromatic nitrogens is 2. The lowest BCUT2D eigenvalue weighted by Gasteiger charge is -2.13. The van der Waals surface area contributed by atoms with E-state index in [1.165, 1.54) is 0 Å². The van der Waals surface area contributed by atoms with Crippen molar-refractivity contribution in [3.8, 4) is 5.69 Å². The third-order valence-corrected chi connectivity index (χ3v) is 3.50. The zero-order valence-electron chi connectivity index (χ0n) is 10.8. The lowest BCUT2D eigenvalue weighted by molar-refractivity contribution is -0.119. The fourth-order valence-electron chi connectivity index (χ4n) is 2.19. The summed E-state index contributed by atoms with van der Waals surface area (Å²) >= 11 is 6.02. The van der Waals surface area contributed by atoms with Crippen LogP contribution in [0.3, 0.4) is 0 Å². The first-order chi connectivity index (χ1) is 9.74. The minimum absolute atomic E-state index is 0.0294. The highest BCUT2D eigenvalue weighted by Gasteiger charge is 2.24. The van der Waals surface area contributed by atoms with Gasteiger partial charge < -0.3 is 10.1 Å². The zero-order chi connectivity index (χ0) is 13.9. The van der Waals surface area contributed by atoms with E-state index in [0.29, 0.717) is 23.9 Å². The van der Waals surface area contributed by atoms with Crippen LogP contribution >= 0.6 is 11.6 Å². The summed E-state index contributed by atoms with van der Waals surface area (Å²) in [5.41, 5.74) is 1.43. The molecule has 0 spiro atoms. The highest BCUT2D eigenvalue weighted by molar-refractivity contribution is 6.30. The van der Waals surface area contributed by atoms with Crippen molar-refractivity contribution in [2.24, 2.45) is 5.92 Å². The molecule has 1 aromatic carbocycles. The summed E-state index contributed by atoms with van der Waals surface area (Å²) in [7, 11) is 0. The third-order valence-electron chi connectivity index (χ3n) is 3.27. The van der Waals surface area contributed by atoms with Gasteiger partial charge in [0.05, 0.1) is 23.9 Å². The van der Waals surface area contributed by atoms with Gasteiger partial charge in [-0.1, -0.05) is 11.6 Å². The van der Waals surface area contributed by atoms with E-state index in [0.717, 1.165) is 12.1 Å². The van der Waals surface area contributed by atoms with Gasteiger partial charge in [-0.25, -0.2) is 4.68 Å². The maximum atomic E-state index is 12.2. The van der Waals surface area contributed by atoms with E-state index in [4.69, 9.17) is 16.3 Å². The molecule has 104 valence electrons. The summed E-state index contributed by atoms with van der Waals surface area (Å²) in [5.74, 6) is -0.116. The number of carbonyl (C=O) groups excluding carboxylic acids is 1. The monoisotopic (exact) mass is 291 g/mol. The quantitative estimate of drug-likeness (QED) is 0.945. The van der Waals surface area contributed by atoms with Gasteiger partial charge in [0.25, 0.3) is 0 Å². The number of hydrogen-bond acceptors (Lipinski definition) is 3. The first-order valence-electron chi connectivity index (χ1n) is 6.42. The van der Waals surface area contributed by atoms with Crippen molar-refractivity contribution < 1.29 is 9.53 Å². The first-order valence-corrected chi connectivity index (χ1v) is 6.80. The van der Waals surface area contributed by atoms with Gasteiger partial charge >= 0.3 is 0 Å². The lowest BCUT2D eigenvalue weighted by atomic mass is 10.1. The van der Waals surface area contributed by atoms with E-state index in [-0.39, 0.29) is 11.8 Å². The summed E-state index contributed by atoms with van der Waals surface area (Å²) < 4.78 is 6.91. The van der Waals surface area contributed by atoms with Crippen molar-refractivity contribution in [3.63, 3.8) is 0 Å². The number of benzene rings is 1. The van der Waals surface area contributed by atoms with Crippen LogP contribution in [0.25, 0.3) is 5.69 Å². The van der Waals surface area contributed by atoms with Crippen molar-refractivity contribution in [2.45, 2.75) is 6.42 Å². The molecule has 0 unspecified atom stereocenters. The van der Waals surface area contributed by atoms with Crippen LogP contribution in [0, 0.1) is 5.92 Å². The predicted octanol–water partition coefficient (Wildman–Crippen LogP) is 2.50. The average molecular weight is 292 g/mol. The Hall–Kier alpha value is -1.85. The fourth-order valence-corrected chi connectivity index (χ4v) is 2.35. The molecule has 1 amide bonds. The molecule has 1 atom stereocenters. The Bertz CT molecular complexity index is 607. The summed E-state index contributed by atoms with van der Waals surface area (Å²) in [6.45, 7) is 1.13. The molecule has 1 saturated heterocycles. The van der Waals surface area contributed by atoms with Crippen LogP contribution in [0.15, 0.2) is 36.7 Å². The maximum absolute atomic E-state index is 12.2. The molecular weight excluding hydrogens is 278 g/mol. The minimum atomic E-state index is -0.0869. The Kier molecular flexibility index (Phi) is 3.71. The maximum Gasteiger partial charge on any atom is 0.229 e. The molecule has 2 aromatic rings. The Morgan fingerprint density at radius 3 is 3.10 bits per heavy atom. The molecule has 1 aliphatic rings. The summed E-state index contributed by atoms with van der Waals surface area (Å²) in [6, 6.07) is 7.12. The van der Waals surface area contributed by atoms with Crippen LogP contribution in [0.2, 0.25) is 5.02 Å². The smallest absolute Gasteiger partial charge is 0.229 e. The standard InChI is InChI=1S/C14H14ClN3O2/c15-11-2-3-12(13(8-11)18-6-1-5-16-18)17-14(19)10-4-7-20-9-10/h1-3,5-6,8,10H,4,7,9H2,(H,17,19)/t10-/m1/s1. The van der Waals surface area contributed by atoms with Gasteiger partial charge in [0.1, 0.15) is 0 Å². The molecule has 20 heavy (non-hydrogen) atoms. The van der Waals surface area contributed by atoms with Crippen LogP contribution in [0.4, 0.5) is 5.69 Å². The molecule has 0 saturated carbocycles. The Labute approximate surface area is 121 Å². The molecule has 0 aliphatic carbocycles.